The van der Waals surface area contributed by atoms with Gasteiger partial charge in [0.05, 0.1) is 21.6 Å². The van der Waals surface area contributed by atoms with E-state index in [1.54, 1.807) is 0 Å². The van der Waals surface area contributed by atoms with Crippen molar-refractivity contribution in [1.82, 2.24) is 3.97 Å². The fraction of sp³-hybridized carbons (Fsp3) is 0.105. The zero-order chi connectivity index (χ0) is 23.9. The molecule has 0 unspecified atom stereocenters. The van der Waals surface area contributed by atoms with Gasteiger partial charge in [-0.1, -0.05) is 0 Å². The number of aromatic hydroxyl groups is 1. The van der Waals surface area contributed by atoms with Crippen molar-refractivity contribution in [2.24, 2.45) is 0 Å². The molecule has 170 valence electrons. The molecule has 3 aromatic rings. The molecular formula is C19H12F6N2O4S. The molecule has 1 aromatic heterocycles. The van der Waals surface area contributed by atoms with Crippen LogP contribution in [0.2, 0.25) is 0 Å². The molecule has 3 rings (SSSR count). The van der Waals surface area contributed by atoms with E-state index in [0.717, 1.165) is 22.2 Å². The summed E-state index contributed by atoms with van der Waals surface area (Å²) in [6.45, 7) is 0. The van der Waals surface area contributed by atoms with Gasteiger partial charge >= 0.3 is 12.4 Å². The first-order valence-electron chi connectivity index (χ1n) is 8.52. The Balaban J connectivity index is 2.01. The second-order valence-electron chi connectivity index (χ2n) is 6.45. The van der Waals surface area contributed by atoms with Crippen LogP contribution in [0.4, 0.5) is 32.0 Å². The van der Waals surface area contributed by atoms with E-state index in [2.05, 4.69) is 0 Å². The van der Waals surface area contributed by atoms with Gasteiger partial charge in [0.2, 0.25) is 0 Å². The minimum absolute atomic E-state index is 0.114. The Bertz CT molecular complexity index is 1230. The molecule has 6 nitrogen and oxygen atoms in total. The Hall–Kier alpha value is -3.48. The number of amides is 1. The van der Waals surface area contributed by atoms with Crippen LogP contribution in [0.25, 0.3) is 0 Å². The highest BCUT2D eigenvalue weighted by Gasteiger charge is 2.37. The third-order valence-corrected chi connectivity index (χ3v) is 5.86. The summed E-state index contributed by atoms with van der Waals surface area (Å²) in [5.74, 6) is -2.06. The molecule has 0 saturated carbocycles. The summed E-state index contributed by atoms with van der Waals surface area (Å²) in [6.07, 6.45) is -7.87. The van der Waals surface area contributed by atoms with Crippen molar-refractivity contribution < 1.29 is 44.7 Å². The van der Waals surface area contributed by atoms with Crippen molar-refractivity contribution in [3.05, 3.63) is 77.6 Å². The third-order valence-electron chi connectivity index (χ3n) is 4.21. The van der Waals surface area contributed by atoms with Gasteiger partial charge in [0.15, 0.2) is 0 Å². The molecule has 2 N–H and O–H groups in total. The molecule has 0 spiro atoms. The maximum absolute atomic E-state index is 13.0. The number of hydrogen-bond acceptors (Lipinski definition) is 4. The molecule has 0 aliphatic carbocycles. The SMILES string of the molecule is O=C(Nc1cc(C(F)(F)F)cc(C(F)(F)F)c1)c1cc(S(=O)(=O)n2cccc2)ccc1O. The Morgan fingerprint density at radius 3 is 1.91 bits per heavy atom. The molecule has 1 amide bonds. The summed E-state index contributed by atoms with van der Waals surface area (Å²) in [5.41, 5.74) is -4.84. The first-order valence-corrected chi connectivity index (χ1v) is 9.96. The van der Waals surface area contributed by atoms with Gasteiger partial charge in [-0.2, -0.15) is 26.3 Å². The highest BCUT2D eigenvalue weighted by Crippen LogP contribution is 2.37. The van der Waals surface area contributed by atoms with Gasteiger partial charge < -0.3 is 10.4 Å². The highest BCUT2D eigenvalue weighted by molar-refractivity contribution is 7.90. The summed E-state index contributed by atoms with van der Waals surface area (Å²) in [5, 5.41) is 11.8. The predicted molar refractivity (Wildman–Crippen MR) is 99.5 cm³/mol. The van der Waals surface area contributed by atoms with Crippen molar-refractivity contribution in [2.45, 2.75) is 17.2 Å². The minimum Gasteiger partial charge on any atom is -0.507 e. The quantitative estimate of drug-likeness (QED) is 0.532. The van der Waals surface area contributed by atoms with Crippen molar-refractivity contribution in [1.29, 1.82) is 0 Å². The molecule has 0 aliphatic heterocycles. The number of rotatable bonds is 4. The van der Waals surface area contributed by atoms with Crippen LogP contribution in [0.15, 0.2) is 65.8 Å². The fourth-order valence-corrected chi connectivity index (χ4v) is 3.89. The average molecular weight is 478 g/mol. The van der Waals surface area contributed by atoms with Crippen LogP contribution in [0, 0.1) is 0 Å². The zero-order valence-corrected chi connectivity index (χ0v) is 16.4. The number of nitrogens with zero attached hydrogens (tertiary/aromatic N) is 1. The van der Waals surface area contributed by atoms with E-state index in [-0.39, 0.29) is 18.2 Å². The zero-order valence-electron chi connectivity index (χ0n) is 15.6. The average Bonchev–Trinajstić information content (AvgIpc) is 3.22. The third kappa shape index (κ3) is 4.72. The monoisotopic (exact) mass is 478 g/mol. The number of hydrogen-bond donors (Lipinski definition) is 2. The molecule has 1 heterocycles. The first kappa shape index (κ1) is 23.2. The maximum Gasteiger partial charge on any atom is 0.416 e. The molecule has 0 radical (unpaired) electrons. The Labute approximate surface area is 176 Å². The van der Waals surface area contributed by atoms with Gasteiger partial charge in [0.1, 0.15) is 5.75 Å². The number of nitrogens with one attached hydrogen (secondary N) is 1. The standard InChI is InChI=1S/C19H12F6N2O4S/c20-18(21,22)11-7-12(19(23,24)25)9-13(8-11)26-17(29)15-10-14(3-4-16(15)28)32(30,31)27-5-1-2-6-27/h1-10,28H,(H,26,29). The number of carbonyl (C=O) groups is 1. The number of phenols is 1. The van der Waals surface area contributed by atoms with E-state index in [9.17, 15) is 44.7 Å². The number of phenolic OH excluding ortho intramolecular Hbond substituents is 1. The van der Waals surface area contributed by atoms with E-state index < -0.39 is 61.3 Å². The van der Waals surface area contributed by atoms with Crippen molar-refractivity contribution in [3.8, 4) is 5.75 Å². The predicted octanol–water partition coefficient (Wildman–Crippen LogP) is 4.72. The Kier molecular flexibility index (Phi) is 5.72. The first-order chi connectivity index (χ1) is 14.7. The van der Waals surface area contributed by atoms with E-state index in [4.69, 9.17) is 0 Å². The largest absolute Gasteiger partial charge is 0.507 e. The van der Waals surface area contributed by atoms with E-state index in [1.807, 2.05) is 5.32 Å². The lowest BCUT2D eigenvalue weighted by molar-refractivity contribution is -0.143. The van der Waals surface area contributed by atoms with E-state index in [0.29, 0.717) is 0 Å². The summed E-state index contributed by atoms with van der Waals surface area (Å²) < 4.78 is 104. The lowest BCUT2D eigenvalue weighted by Crippen LogP contribution is -2.17. The van der Waals surface area contributed by atoms with Crippen molar-refractivity contribution >= 4 is 21.6 Å². The number of benzene rings is 2. The van der Waals surface area contributed by atoms with Crippen molar-refractivity contribution in [2.75, 3.05) is 5.32 Å². The van der Waals surface area contributed by atoms with E-state index >= 15 is 0 Å². The number of aromatic nitrogens is 1. The molecule has 0 bridgehead atoms. The highest BCUT2D eigenvalue weighted by atomic mass is 32.2. The number of carbonyl (C=O) groups excluding carboxylic acids is 1. The number of alkyl halides is 6. The van der Waals surface area contributed by atoms with Gasteiger partial charge in [-0.15, -0.1) is 0 Å². The van der Waals surface area contributed by atoms with Gasteiger partial charge in [0, 0.05) is 18.1 Å². The lowest BCUT2D eigenvalue weighted by Gasteiger charge is -2.15. The molecule has 0 fully saturated rings. The molecule has 0 atom stereocenters. The van der Waals surface area contributed by atoms with Gasteiger partial charge in [-0.25, -0.2) is 12.4 Å². The number of anilines is 1. The van der Waals surface area contributed by atoms with Crippen LogP contribution in [0.3, 0.4) is 0 Å². The maximum atomic E-state index is 13.0. The van der Waals surface area contributed by atoms with Crippen LogP contribution >= 0.6 is 0 Å². The lowest BCUT2D eigenvalue weighted by atomic mass is 10.1. The fourth-order valence-electron chi connectivity index (χ4n) is 2.68. The Morgan fingerprint density at radius 2 is 1.41 bits per heavy atom. The van der Waals surface area contributed by atoms with Crippen LogP contribution in [-0.4, -0.2) is 23.4 Å². The molecular weight excluding hydrogens is 466 g/mol. The Morgan fingerprint density at radius 1 is 0.875 bits per heavy atom. The second kappa shape index (κ2) is 7.89. The number of halogens is 6. The molecule has 32 heavy (non-hydrogen) atoms. The normalized spacial score (nSPS) is 12.6. The summed E-state index contributed by atoms with van der Waals surface area (Å²) in [6, 6.07) is 5.87. The van der Waals surface area contributed by atoms with Crippen LogP contribution in [0.5, 0.6) is 5.75 Å². The summed E-state index contributed by atoms with van der Waals surface area (Å²) >= 11 is 0. The summed E-state index contributed by atoms with van der Waals surface area (Å²) in [4.78, 5) is 12.0. The summed E-state index contributed by atoms with van der Waals surface area (Å²) in [7, 11) is -4.17. The van der Waals surface area contributed by atoms with Crippen LogP contribution in [-0.2, 0) is 22.4 Å². The van der Waals surface area contributed by atoms with Crippen LogP contribution in [0.1, 0.15) is 21.5 Å². The van der Waals surface area contributed by atoms with Crippen molar-refractivity contribution in [3.63, 3.8) is 0 Å². The van der Waals surface area contributed by atoms with Gasteiger partial charge in [-0.05, 0) is 48.5 Å². The minimum atomic E-state index is -5.13. The van der Waals surface area contributed by atoms with Gasteiger partial charge in [0.25, 0.3) is 15.9 Å². The molecule has 0 saturated heterocycles. The molecule has 0 aliphatic rings. The molecule has 13 heteroatoms. The van der Waals surface area contributed by atoms with E-state index in [1.165, 1.54) is 24.5 Å². The smallest absolute Gasteiger partial charge is 0.416 e. The second-order valence-corrected chi connectivity index (χ2v) is 8.29. The topological polar surface area (TPSA) is 88.4 Å². The van der Waals surface area contributed by atoms with Gasteiger partial charge in [-0.3, -0.25) is 4.79 Å². The molecule has 2 aromatic carbocycles. The van der Waals surface area contributed by atoms with Crippen LogP contribution < -0.4 is 5.32 Å².